The number of hydrogen-bond donors (Lipinski definition) is 1. The summed E-state index contributed by atoms with van der Waals surface area (Å²) in [6.07, 6.45) is 3.06. The molecule has 0 saturated carbocycles. The Morgan fingerprint density at radius 2 is 2.07 bits per heavy atom. The van der Waals surface area contributed by atoms with Crippen molar-refractivity contribution in [1.82, 2.24) is 9.88 Å². The van der Waals surface area contributed by atoms with Gasteiger partial charge in [-0.1, -0.05) is 12.1 Å². The zero-order valence-electron chi connectivity index (χ0n) is 15.4. The van der Waals surface area contributed by atoms with Crippen LogP contribution >= 0.6 is 0 Å². The van der Waals surface area contributed by atoms with Crippen molar-refractivity contribution >= 4 is 28.2 Å². The van der Waals surface area contributed by atoms with Crippen LogP contribution in [-0.2, 0) is 0 Å². The molecular formula is C20H20N4O4. The number of amides is 1. The van der Waals surface area contributed by atoms with E-state index in [1.54, 1.807) is 23.1 Å². The first kappa shape index (κ1) is 18.0. The lowest BCUT2D eigenvalue weighted by Gasteiger charge is -2.32. The van der Waals surface area contributed by atoms with Crippen molar-refractivity contribution in [2.75, 3.05) is 18.4 Å². The molecule has 1 fully saturated rings. The van der Waals surface area contributed by atoms with E-state index in [9.17, 15) is 14.9 Å². The van der Waals surface area contributed by atoms with Crippen molar-refractivity contribution in [2.24, 2.45) is 0 Å². The predicted molar refractivity (Wildman–Crippen MR) is 104 cm³/mol. The minimum atomic E-state index is -0.405. The maximum absolute atomic E-state index is 12.4. The molecule has 1 saturated heterocycles. The van der Waals surface area contributed by atoms with Crippen LogP contribution in [0.5, 0.6) is 0 Å². The van der Waals surface area contributed by atoms with Gasteiger partial charge in [-0.05, 0) is 38.0 Å². The second-order valence-corrected chi connectivity index (χ2v) is 6.93. The van der Waals surface area contributed by atoms with Crippen LogP contribution in [-0.4, -0.2) is 39.8 Å². The molecule has 28 heavy (non-hydrogen) atoms. The maximum atomic E-state index is 12.4. The Morgan fingerprint density at radius 3 is 2.75 bits per heavy atom. The third kappa shape index (κ3) is 3.40. The number of furan rings is 1. The molecule has 0 radical (unpaired) electrons. The van der Waals surface area contributed by atoms with Crippen molar-refractivity contribution in [3.63, 3.8) is 0 Å². The van der Waals surface area contributed by atoms with Gasteiger partial charge < -0.3 is 14.6 Å². The quantitative estimate of drug-likeness (QED) is 0.546. The maximum Gasteiger partial charge on any atom is 0.295 e. The fourth-order valence-corrected chi connectivity index (χ4v) is 3.63. The summed E-state index contributed by atoms with van der Waals surface area (Å²) in [5.74, 6) is 0.263. The van der Waals surface area contributed by atoms with Gasteiger partial charge in [-0.2, -0.15) is 0 Å². The Morgan fingerprint density at radius 1 is 1.29 bits per heavy atom. The van der Waals surface area contributed by atoms with Crippen LogP contribution in [0, 0.1) is 17.0 Å². The van der Waals surface area contributed by atoms with Crippen LogP contribution in [0.25, 0.3) is 10.9 Å². The number of aryl methyl sites for hydroxylation is 1. The van der Waals surface area contributed by atoms with Crippen LogP contribution in [0.2, 0.25) is 0 Å². The lowest BCUT2D eigenvalue weighted by molar-refractivity contribution is -0.383. The molecule has 4 rings (SSSR count). The molecule has 3 heterocycles. The van der Waals surface area contributed by atoms with E-state index in [2.05, 4.69) is 10.3 Å². The van der Waals surface area contributed by atoms with E-state index in [0.717, 1.165) is 29.6 Å². The summed E-state index contributed by atoms with van der Waals surface area (Å²) >= 11 is 0. The highest BCUT2D eigenvalue weighted by Crippen LogP contribution is 2.31. The number of anilines is 1. The lowest BCUT2D eigenvalue weighted by atomic mass is 10.0. The molecule has 8 nitrogen and oxygen atoms in total. The summed E-state index contributed by atoms with van der Waals surface area (Å²) in [5.41, 5.74) is 1.94. The van der Waals surface area contributed by atoms with E-state index in [0.29, 0.717) is 24.4 Å². The molecule has 1 amide bonds. The zero-order chi connectivity index (χ0) is 19.7. The molecule has 1 N–H and O–H groups in total. The number of hydrogen-bond acceptors (Lipinski definition) is 6. The lowest BCUT2D eigenvalue weighted by Crippen LogP contribution is -2.42. The van der Waals surface area contributed by atoms with Gasteiger partial charge in [-0.3, -0.25) is 14.9 Å². The Bertz CT molecular complexity index is 1020. The highest BCUT2D eigenvalue weighted by molar-refractivity contribution is 5.97. The SMILES string of the molecule is Cc1cc(NC2CCN(C(=O)c3ccco3)CC2)c2cccc([N+](=O)[O-])c2n1. The number of carbonyl (C=O) groups excluding carboxylic acids is 1. The molecule has 8 heteroatoms. The predicted octanol–water partition coefficient (Wildman–Crippen LogP) is 3.76. The normalized spacial score (nSPS) is 15.0. The number of nitrogens with one attached hydrogen (secondary N) is 1. The average Bonchev–Trinajstić information content (AvgIpc) is 3.22. The summed E-state index contributed by atoms with van der Waals surface area (Å²) in [6, 6.07) is 10.4. The highest BCUT2D eigenvalue weighted by atomic mass is 16.6. The molecule has 2 aromatic heterocycles. The van der Waals surface area contributed by atoms with Gasteiger partial charge in [0, 0.05) is 42.0 Å². The number of para-hydroxylation sites is 1. The number of nitro groups is 1. The van der Waals surface area contributed by atoms with E-state index in [4.69, 9.17) is 4.42 Å². The molecule has 144 valence electrons. The van der Waals surface area contributed by atoms with E-state index in [1.165, 1.54) is 12.3 Å². The van der Waals surface area contributed by atoms with Gasteiger partial charge >= 0.3 is 0 Å². The first-order valence-electron chi connectivity index (χ1n) is 9.17. The smallest absolute Gasteiger partial charge is 0.295 e. The van der Waals surface area contributed by atoms with Gasteiger partial charge in [0.05, 0.1) is 11.2 Å². The van der Waals surface area contributed by atoms with E-state index in [-0.39, 0.29) is 17.6 Å². The third-order valence-corrected chi connectivity index (χ3v) is 5.02. The number of benzene rings is 1. The number of non-ortho nitro benzene ring substituents is 1. The fraction of sp³-hybridized carbons (Fsp3) is 0.300. The zero-order valence-corrected chi connectivity index (χ0v) is 15.4. The van der Waals surface area contributed by atoms with E-state index >= 15 is 0 Å². The molecule has 1 aliphatic heterocycles. The van der Waals surface area contributed by atoms with Crippen molar-refractivity contribution in [3.8, 4) is 0 Å². The number of rotatable bonds is 4. The molecule has 0 spiro atoms. The van der Waals surface area contributed by atoms with Crippen LogP contribution < -0.4 is 5.32 Å². The summed E-state index contributed by atoms with van der Waals surface area (Å²) < 4.78 is 5.19. The highest BCUT2D eigenvalue weighted by Gasteiger charge is 2.25. The number of fused-ring (bicyclic) bond motifs is 1. The van der Waals surface area contributed by atoms with Gasteiger partial charge in [0.25, 0.3) is 11.6 Å². The van der Waals surface area contributed by atoms with Crippen molar-refractivity contribution < 1.29 is 14.1 Å². The van der Waals surface area contributed by atoms with Crippen LogP contribution in [0.3, 0.4) is 0 Å². The number of likely N-dealkylation sites (tertiary alicyclic amines) is 1. The van der Waals surface area contributed by atoms with Crippen LogP contribution in [0.15, 0.2) is 47.1 Å². The van der Waals surface area contributed by atoms with Gasteiger partial charge in [-0.25, -0.2) is 4.98 Å². The van der Waals surface area contributed by atoms with E-state index < -0.39 is 4.92 Å². The standard InChI is InChI=1S/C20H20N4O4/c1-13-12-16(15-4-2-5-17(24(26)27)19(15)21-13)22-14-7-9-23(10-8-14)20(25)18-6-3-11-28-18/h2-6,11-12,14H,7-10H2,1H3,(H,21,22). The average molecular weight is 380 g/mol. The van der Waals surface area contributed by atoms with Crippen LogP contribution in [0.4, 0.5) is 11.4 Å². The van der Waals surface area contributed by atoms with Crippen LogP contribution in [0.1, 0.15) is 29.1 Å². The molecule has 3 aromatic rings. The number of carbonyl (C=O) groups is 1. The molecule has 0 atom stereocenters. The summed E-state index contributed by atoms with van der Waals surface area (Å²) in [7, 11) is 0. The number of pyridine rings is 1. The summed E-state index contributed by atoms with van der Waals surface area (Å²) in [6.45, 7) is 3.07. The van der Waals surface area contributed by atoms with Gasteiger partial charge in [-0.15, -0.1) is 0 Å². The molecular weight excluding hydrogens is 360 g/mol. The monoisotopic (exact) mass is 380 g/mol. The molecule has 1 aromatic carbocycles. The summed E-state index contributed by atoms with van der Waals surface area (Å²) in [4.78, 5) is 29.5. The molecule has 0 unspecified atom stereocenters. The molecule has 1 aliphatic rings. The Kier molecular flexibility index (Phi) is 4.68. The first-order chi connectivity index (χ1) is 13.5. The molecule has 0 bridgehead atoms. The number of aromatic nitrogens is 1. The minimum absolute atomic E-state index is 0.00288. The fourth-order valence-electron chi connectivity index (χ4n) is 3.63. The Balaban J connectivity index is 1.51. The van der Waals surface area contributed by atoms with Crippen molar-refractivity contribution in [2.45, 2.75) is 25.8 Å². The van der Waals surface area contributed by atoms with Crippen molar-refractivity contribution in [1.29, 1.82) is 0 Å². The Labute approximate surface area is 161 Å². The first-order valence-corrected chi connectivity index (χ1v) is 9.17. The minimum Gasteiger partial charge on any atom is -0.459 e. The number of piperidine rings is 1. The second kappa shape index (κ2) is 7.30. The van der Waals surface area contributed by atoms with E-state index in [1.807, 2.05) is 19.1 Å². The van der Waals surface area contributed by atoms with Crippen molar-refractivity contribution in [3.05, 3.63) is 64.2 Å². The number of nitrogens with zero attached hydrogens (tertiary/aromatic N) is 3. The van der Waals surface area contributed by atoms with Gasteiger partial charge in [0.1, 0.15) is 0 Å². The largest absolute Gasteiger partial charge is 0.459 e. The second-order valence-electron chi connectivity index (χ2n) is 6.93. The van der Waals surface area contributed by atoms with Gasteiger partial charge in [0.15, 0.2) is 11.3 Å². The third-order valence-electron chi connectivity index (χ3n) is 5.02. The number of nitro benzene ring substituents is 1. The van der Waals surface area contributed by atoms with Gasteiger partial charge in [0.2, 0.25) is 0 Å². The molecule has 0 aliphatic carbocycles. The topological polar surface area (TPSA) is 102 Å². The Hall–Kier alpha value is -3.42. The summed E-state index contributed by atoms with van der Waals surface area (Å²) in [5, 5.41) is 15.6.